The van der Waals surface area contributed by atoms with Gasteiger partial charge in [-0.3, -0.25) is 4.79 Å². The molecule has 0 fully saturated rings. The number of thiophene rings is 3. The van der Waals surface area contributed by atoms with Crippen molar-refractivity contribution in [2.45, 2.75) is 122 Å². The van der Waals surface area contributed by atoms with Crippen molar-refractivity contribution in [1.82, 2.24) is 0 Å². The van der Waals surface area contributed by atoms with Gasteiger partial charge in [0, 0.05) is 37.2 Å². The minimum absolute atomic E-state index is 0.365. The van der Waals surface area contributed by atoms with Gasteiger partial charge in [-0.15, -0.1) is 34.0 Å². The van der Waals surface area contributed by atoms with Gasteiger partial charge in [-0.05, 0) is 79.1 Å². The maximum absolute atomic E-state index is 12.4. The fourth-order valence-corrected chi connectivity index (χ4v) is 8.60. The van der Waals surface area contributed by atoms with Crippen LogP contribution in [0.25, 0.3) is 19.5 Å². The van der Waals surface area contributed by atoms with Crippen molar-refractivity contribution in [3.05, 3.63) is 76.5 Å². The molecule has 0 saturated heterocycles. The summed E-state index contributed by atoms with van der Waals surface area (Å²) < 4.78 is 5.77. The van der Waals surface area contributed by atoms with Crippen LogP contribution in [0.15, 0.2) is 66.0 Å². The third-order valence-corrected chi connectivity index (χ3v) is 11.7. The number of benzene rings is 1. The molecule has 0 amide bonds. The summed E-state index contributed by atoms with van der Waals surface area (Å²) in [7, 11) is 0. The SMILES string of the molecule is CCCCCOc1ccc(CC(=O)CCCCCCCCCCCCCCc2ccc(-c3ccc(-c4cccs4)s3)s2)cc1. The fourth-order valence-electron chi connectivity index (χ4n) is 5.62. The molecule has 0 aliphatic carbocycles. The topological polar surface area (TPSA) is 26.3 Å². The van der Waals surface area contributed by atoms with Crippen molar-refractivity contribution in [3.63, 3.8) is 0 Å². The summed E-state index contributed by atoms with van der Waals surface area (Å²) in [5.74, 6) is 1.28. The van der Waals surface area contributed by atoms with Crippen LogP contribution in [0.5, 0.6) is 5.75 Å². The third kappa shape index (κ3) is 13.0. The average Bonchev–Trinajstić information content (AvgIpc) is 3.82. The molecule has 44 heavy (non-hydrogen) atoms. The standard InChI is InChI=1S/C39H52O2S3/c1-2-3-16-29-41-34-23-21-32(22-24-34)31-33(40)18-14-12-10-8-6-4-5-7-9-11-13-15-19-35-25-26-38(43-35)39-28-27-37(44-39)36-20-17-30-42-36/h17,20-28,30H,2-16,18-19,29,31H2,1H3. The van der Waals surface area contributed by atoms with E-state index in [0.29, 0.717) is 18.6 Å². The fraction of sp³-hybridized carbons (Fsp3) is 0.513. The van der Waals surface area contributed by atoms with Gasteiger partial charge in [-0.2, -0.15) is 0 Å². The zero-order valence-corrected chi connectivity index (χ0v) is 29.3. The van der Waals surface area contributed by atoms with Crippen molar-refractivity contribution in [3.8, 4) is 25.3 Å². The van der Waals surface area contributed by atoms with Crippen LogP contribution in [0.2, 0.25) is 0 Å². The monoisotopic (exact) mass is 648 g/mol. The van der Waals surface area contributed by atoms with Crippen molar-refractivity contribution >= 4 is 39.8 Å². The van der Waals surface area contributed by atoms with Gasteiger partial charge in [0.15, 0.2) is 0 Å². The first-order valence-corrected chi connectivity index (χ1v) is 19.7. The number of ketones is 1. The maximum Gasteiger partial charge on any atom is 0.137 e. The van der Waals surface area contributed by atoms with Gasteiger partial charge in [0.2, 0.25) is 0 Å². The Balaban J connectivity index is 0.922. The van der Waals surface area contributed by atoms with E-state index in [-0.39, 0.29) is 0 Å². The van der Waals surface area contributed by atoms with Crippen LogP contribution in [-0.2, 0) is 17.6 Å². The van der Waals surface area contributed by atoms with E-state index >= 15 is 0 Å². The third-order valence-electron chi connectivity index (χ3n) is 8.24. The summed E-state index contributed by atoms with van der Waals surface area (Å²) in [5.41, 5.74) is 1.10. The Hall–Kier alpha value is -2.21. The molecule has 0 bridgehead atoms. The van der Waals surface area contributed by atoms with Crippen molar-refractivity contribution in [2.24, 2.45) is 0 Å². The predicted molar refractivity (Wildman–Crippen MR) is 195 cm³/mol. The second-order valence-corrected chi connectivity index (χ2v) is 15.3. The molecule has 0 aliphatic rings. The summed E-state index contributed by atoms with van der Waals surface area (Å²) in [6.45, 7) is 2.98. The van der Waals surface area contributed by atoms with Gasteiger partial charge in [-0.25, -0.2) is 0 Å². The van der Waals surface area contributed by atoms with Crippen LogP contribution in [-0.4, -0.2) is 12.4 Å². The van der Waals surface area contributed by atoms with E-state index in [1.807, 2.05) is 58.3 Å². The Bertz CT molecular complexity index is 1300. The van der Waals surface area contributed by atoms with E-state index in [2.05, 4.69) is 48.7 Å². The molecule has 0 atom stereocenters. The van der Waals surface area contributed by atoms with Crippen LogP contribution in [0.4, 0.5) is 0 Å². The van der Waals surface area contributed by atoms with Gasteiger partial charge >= 0.3 is 0 Å². The van der Waals surface area contributed by atoms with Crippen molar-refractivity contribution < 1.29 is 9.53 Å². The highest BCUT2D eigenvalue weighted by Gasteiger charge is 2.09. The number of carbonyl (C=O) groups excluding carboxylic acids is 1. The predicted octanol–water partition coefficient (Wildman–Crippen LogP) is 13.2. The van der Waals surface area contributed by atoms with Crippen LogP contribution in [0.1, 0.15) is 120 Å². The molecule has 0 unspecified atom stereocenters. The van der Waals surface area contributed by atoms with Crippen molar-refractivity contribution in [2.75, 3.05) is 6.61 Å². The Labute approximate surface area is 278 Å². The molecular formula is C39H52O2S3. The lowest BCUT2D eigenvalue weighted by Crippen LogP contribution is -2.03. The van der Waals surface area contributed by atoms with Crippen LogP contribution in [0, 0.1) is 0 Å². The number of rotatable bonds is 24. The first kappa shape index (κ1) is 34.7. The van der Waals surface area contributed by atoms with E-state index in [1.54, 1.807) is 0 Å². The second kappa shape index (κ2) is 20.7. The Morgan fingerprint density at radius 3 is 1.89 bits per heavy atom. The summed E-state index contributed by atoms with van der Waals surface area (Å²) in [4.78, 5) is 19.5. The van der Waals surface area contributed by atoms with Gasteiger partial charge in [0.1, 0.15) is 11.5 Å². The number of hydrogen-bond donors (Lipinski definition) is 0. The largest absolute Gasteiger partial charge is 0.494 e. The zero-order chi connectivity index (χ0) is 30.7. The number of hydrogen-bond acceptors (Lipinski definition) is 5. The Kier molecular flexibility index (Phi) is 16.3. The molecule has 0 spiro atoms. The lowest BCUT2D eigenvalue weighted by molar-refractivity contribution is -0.118. The zero-order valence-electron chi connectivity index (χ0n) is 26.8. The van der Waals surface area contributed by atoms with Crippen LogP contribution < -0.4 is 4.74 Å². The smallest absolute Gasteiger partial charge is 0.137 e. The molecule has 0 N–H and O–H groups in total. The van der Waals surface area contributed by atoms with Crippen LogP contribution >= 0.6 is 34.0 Å². The lowest BCUT2D eigenvalue weighted by Gasteiger charge is -2.07. The van der Waals surface area contributed by atoms with Gasteiger partial charge < -0.3 is 4.74 Å². The minimum Gasteiger partial charge on any atom is -0.494 e. The average molecular weight is 649 g/mol. The number of ether oxygens (including phenoxy) is 1. The quantitative estimate of drug-likeness (QED) is 0.0707. The molecule has 0 aliphatic heterocycles. The minimum atomic E-state index is 0.365. The first-order chi connectivity index (χ1) is 21.7. The normalized spacial score (nSPS) is 11.3. The summed E-state index contributed by atoms with van der Waals surface area (Å²) in [6, 6.07) is 21.6. The molecule has 5 heteroatoms. The van der Waals surface area contributed by atoms with Gasteiger partial charge in [0.25, 0.3) is 0 Å². The summed E-state index contributed by atoms with van der Waals surface area (Å²) >= 11 is 5.71. The molecule has 2 nitrogen and oxygen atoms in total. The molecule has 0 saturated carbocycles. The molecule has 3 heterocycles. The van der Waals surface area contributed by atoms with E-state index in [9.17, 15) is 4.79 Å². The highest BCUT2D eigenvalue weighted by atomic mass is 32.1. The van der Waals surface area contributed by atoms with E-state index in [1.165, 1.54) is 114 Å². The number of unbranched alkanes of at least 4 members (excludes halogenated alkanes) is 13. The van der Waals surface area contributed by atoms with Gasteiger partial charge in [0.05, 0.1) is 6.61 Å². The molecule has 0 radical (unpaired) electrons. The molecule has 4 rings (SSSR count). The molecule has 3 aromatic heterocycles. The molecular weight excluding hydrogens is 597 g/mol. The lowest BCUT2D eigenvalue weighted by atomic mass is 10.0. The highest BCUT2D eigenvalue weighted by molar-refractivity contribution is 7.26. The molecule has 4 aromatic rings. The van der Waals surface area contributed by atoms with Crippen molar-refractivity contribution in [1.29, 1.82) is 0 Å². The van der Waals surface area contributed by atoms with E-state index in [4.69, 9.17) is 4.74 Å². The summed E-state index contributed by atoms with van der Waals surface area (Å²) in [5, 5.41) is 2.15. The Morgan fingerprint density at radius 1 is 0.614 bits per heavy atom. The molecule has 1 aromatic carbocycles. The maximum atomic E-state index is 12.4. The number of aryl methyl sites for hydroxylation is 1. The number of carbonyl (C=O) groups is 1. The van der Waals surface area contributed by atoms with Crippen LogP contribution in [0.3, 0.4) is 0 Å². The van der Waals surface area contributed by atoms with E-state index < -0.39 is 0 Å². The first-order valence-electron chi connectivity index (χ1n) is 17.2. The summed E-state index contributed by atoms with van der Waals surface area (Å²) in [6.07, 6.45) is 21.7. The second-order valence-electron chi connectivity index (χ2n) is 12.1. The number of Topliss-reactive ketones (excluding diaryl/α,β-unsaturated/α-hetero) is 1. The molecule has 238 valence electrons. The van der Waals surface area contributed by atoms with Gasteiger partial charge in [-0.1, -0.05) is 102 Å². The Morgan fingerprint density at radius 2 is 1.23 bits per heavy atom. The highest BCUT2D eigenvalue weighted by Crippen LogP contribution is 2.39. The van der Waals surface area contributed by atoms with E-state index in [0.717, 1.165) is 30.8 Å².